The predicted molar refractivity (Wildman–Crippen MR) is 64.0 cm³/mol. The molecule has 0 saturated heterocycles. The molecule has 0 saturated carbocycles. The van der Waals surface area contributed by atoms with Gasteiger partial charge in [-0.25, -0.2) is 4.79 Å². The van der Waals surface area contributed by atoms with Crippen molar-refractivity contribution in [1.29, 1.82) is 0 Å². The van der Waals surface area contributed by atoms with Gasteiger partial charge in [0.1, 0.15) is 0 Å². The van der Waals surface area contributed by atoms with E-state index in [-0.39, 0.29) is 0 Å². The number of nitrogens with zero attached hydrogens (tertiary/aromatic N) is 1. The normalized spacial score (nSPS) is 12.7. The zero-order valence-corrected chi connectivity index (χ0v) is 9.18. The van der Waals surface area contributed by atoms with E-state index in [4.69, 9.17) is 5.11 Å². The molecule has 0 fully saturated rings. The molecule has 1 aliphatic carbocycles. The number of aromatic carboxylic acids is 1. The Morgan fingerprint density at radius 3 is 2.71 bits per heavy atom. The molecular formula is C14H11NO2. The highest BCUT2D eigenvalue weighted by Gasteiger charge is 2.17. The maximum Gasteiger partial charge on any atom is 0.335 e. The number of pyridine rings is 1. The van der Waals surface area contributed by atoms with Crippen LogP contribution in [0.4, 0.5) is 0 Å². The van der Waals surface area contributed by atoms with Gasteiger partial charge < -0.3 is 5.11 Å². The molecule has 17 heavy (non-hydrogen) atoms. The average molecular weight is 225 g/mol. The molecule has 84 valence electrons. The van der Waals surface area contributed by atoms with Crippen LogP contribution in [0.25, 0.3) is 11.1 Å². The molecule has 1 aliphatic rings. The van der Waals surface area contributed by atoms with Crippen molar-refractivity contribution in [2.75, 3.05) is 0 Å². The molecule has 0 aliphatic heterocycles. The summed E-state index contributed by atoms with van der Waals surface area (Å²) in [5, 5.41) is 8.97. The van der Waals surface area contributed by atoms with Crippen LogP contribution in [-0.2, 0) is 12.8 Å². The zero-order chi connectivity index (χ0) is 11.8. The lowest BCUT2D eigenvalue weighted by Crippen LogP contribution is -2.06. The van der Waals surface area contributed by atoms with Gasteiger partial charge in [0, 0.05) is 12.4 Å². The third-order valence-electron chi connectivity index (χ3n) is 3.21. The Balaban J connectivity index is 2.18. The third-order valence-corrected chi connectivity index (χ3v) is 3.21. The van der Waals surface area contributed by atoms with Gasteiger partial charge in [-0.15, -0.1) is 0 Å². The number of aryl methyl sites for hydroxylation is 2. The van der Waals surface area contributed by atoms with Gasteiger partial charge in [-0.2, -0.15) is 0 Å². The van der Waals surface area contributed by atoms with E-state index in [9.17, 15) is 4.79 Å². The van der Waals surface area contributed by atoms with Gasteiger partial charge in [-0.3, -0.25) is 4.98 Å². The van der Waals surface area contributed by atoms with E-state index in [0.717, 1.165) is 24.0 Å². The smallest absolute Gasteiger partial charge is 0.335 e. The molecule has 1 aromatic carbocycles. The van der Waals surface area contributed by atoms with E-state index in [1.165, 1.54) is 11.1 Å². The lowest BCUT2D eigenvalue weighted by molar-refractivity contribution is 0.0697. The molecule has 3 heteroatoms. The van der Waals surface area contributed by atoms with Crippen molar-refractivity contribution in [3.63, 3.8) is 0 Å². The first-order valence-corrected chi connectivity index (χ1v) is 5.55. The maximum absolute atomic E-state index is 10.9. The number of carboxylic acid groups (broad SMARTS) is 1. The first kappa shape index (κ1) is 10.0. The molecule has 3 nitrogen and oxygen atoms in total. The largest absolute Gasteiger partial charge is 0.478 e. The minimum atomic E-state index is -0.867. The summed E-state index contributed by atoms with van der Waals surface area (Å²) in [5.74, 6) is -0.867. The number of rotatable bonds is 1. The van der Waals surface area contributed by atoms with Crippen LogP contribution in [0.3, 0.4) is 0 Å². The van der Waals surface area contributed by atoms with E-state index < -0.39 is 5.97 Å². The van der Waals surface area contributed by atoms with Gasteiger partial charge in [0.25, 0.3) is 0 Å². The average Bonchev–Trinajstić information content (AvgIpc) is 2.38. The summed E-state index contributed by atoms with van der Waals surface area (Å²) < 4.78 is 0. The number of hydrogen-bond donors (Lipinski definition) is 1. The van der Waals surface area contributed by atoms with Crippen LogP contribution in [0.5, 0.6) is 0 Å². The van der Waals surface area contributed by atoms with Crippen LogP contribution in [0.15, 0.2) is 36.7 Å². The molecule has 1 aromatic heterocycles. The molecule has 1 heterocycles. The molecule has 0 radical (unpaired) electrons. The quantitative estimate of drug-likeness (QED) is 0.811. The summed E-state index contributed by atoms with van der Waals surface area (Å²) in [7, 11) is 0. The lowest BCUT2D eigenvalue weighted by Gasteiger charge is -2.19. The second-order valence-electron chi connectivity index (χ2n) is 4.21. The number of carbonyl (C=O) groups is 1. The molecule has 0 bridgehead atoms. The molecule has 0 unspecified atom stereocenters. The van der Waals surface area contributed by atoms with E-state index >= 15 is 0 Å². The second kappa shape index (κ2) is 3.70. The summed E-state index contributed by atoms with van der Waals surface area (Å²) >= 11 is 0. The third kappa shape index (κ3) is 1.60. The van der Waals surface area contributed by atoms with Crippen LogP contribution < -0.4 is 0 Å². The number of fused-ring (bicyclic) bond motifs is 3. The van der Waals surface area contributed by atoms with E-state index in [1.807, 2.05) is 18.3 Å². The van der Waals surface area contributed by atoms with Crippen molar-refractivity contribution in [3.05, 3.63) is 53.3 Å². The number of benzene rings is 1. The molecule has 3 rings (SSSR count). The van der Waals surface area contributed by atoms with E-state index in [1.54, 1.807) is 18.3 Å². The Morgan fingerprint density at radius 2 is 1.88 bits per heavy atom. The van der Waals surface area contributed by atoms with Gasteiger partial charge in [0.15, 0.2) is 0 Å². The van der Waals surface area contributed by atoms with Crippen molar-refractivity contribution in [3.8, 4) is 11.1 Å². The Bertz CT molecular complexity index is 605. The lowest BCUT2D eigenvalue weighted by atomic mass is 9.86. The molecule has 1 N–H and O–H groups in total. The summed E-state index contributed by atoms with van der Waals surface area (Å²) in [6.45, 7) is 0. The van der Waals surface area contributed by atoms with Gasteiger partial charge >= 0.3 is 5.97 Å². The van der Waals surface area contributed by atoms with Crippen molar-refractivity contribution >= 4 is 5.97 Å². The Hall–Kier alpha value is -2.16. The topological polar surface area (TPSA) is 50.2 Å². The van der Waals surface area contributed by atoms with Gasteiger partial charge in [-0.1, -0.05) is 6.07 Å². The molecule has 0 amide bonds. The summed E-state index contributed by atoms with van der Waals surface area (Å²) in [6, 6.07) is 7.34. The van der Waals surface area contributed by atoms with Crippen LogP contribution >= 0.6 is 0 Å². The standard InChI is InChI=1S/C14H11NO2/c16-14(17)10-3-4-12-9(7-10)1-2-11-8-15-6-5-13(11)12/h3-8H,1-2H2,(H,16,17). The number of aromatic nitrogens is 1. The van der Waals surface area contributed by atoms with E-state index in [0.29, 0.717) is 5.56 Å². The highest BCUT2D eigenvalue weighted by atomic mass is 16.4. The van der Waals surface area contributed by atoms with E-state index in [2.05, 4.69) is 4.98 Å². The second-order valence-corrected chi connectivity index (χ2v) is 4.21. The van der Waals surface area contributed by atoms with Crippen LogP contribution in [-0.4, -0.2) is 16.1 Å². The summed E-state index contributed by atoms with van der Waals surface area (Å²) in [5.41, 5.74) is 5.03. The zero-order valence-electron chi connectivity index (χ0n) is 9.18. The highest BCUT2D eigenvalue weighted by molar-refractivity contribution is 5.89. The SMILES string of the molecule is O=C(O)c1ccc2c(c1)CCc1cnccc1-2. The molecule has 0 atom stereocenters. The summed E-state index contributed by atoms with van der Waals surface area (Å²) in [6.07, 6.45) is 5.48. The Kier molecular flexibility index (Phi) is 2.18. The Labute approximate surface area is 98.8 Å². The van der Waals surface area contributed by atoms with Gasteiger partial charge in [0.2, 0.25) is 0 Å². The van der Waals surface area contributed by atoms with Crippen LogP contribution in [0, 0.1) is 0 Å². The summed E-state index contributed by atoms with van der Waals surface area (Å²) in [4.78, 5) is 15.0. The van der Waals surface area contributed by atoms with Crippen LogP contribution in [0.2, 0.25) is 0 Å². The predicted octanol–water partition coefficient (Wildman–Crippen LogP) is 2.55. The van der Waals surface area contributed by atoms with Crippen molar-refractivity contribution in [1.82, 2.24) is 4.98 Å². The number of carboxylic acids is 1. The van der Waals surface area contributed by atoms with Crippen molar-refractivity contribution < 1.29 is 9.90 Å². The first-order valence-electron chi connectivity index (χ1n) is 5.55. The highest BCUT2D eigenvalue weighted by Crippen LogP contribution is 2.33. The fourth-order valence-electron chi connectivity index (χ4n) is 2.35. The minimum absolute atomic E-state index is 0.362. The fourth-order valence-corrected chi connectivity index (χ4v) is 2.35. The van der Waals surface area contributed by atoms with Crippen molar-refractivity contribution in [2.24, 2.45) is 0 Å². The molecule has 2 aromatic rings. The first-order chi connectivity index (χ1) is 8.25. The fraction of sp³-hybridized carbons (Fsp3) is 0.143. The van der Waals surface area contributed by atoms with Crippen LogP contribution in [0.1, 0.15) is 21.5 Å². The van der Waals surface area contributed by atoms with Crippen molar-refractivity contribution in [2.45, 2.75) is 12.8 Å². The van der Waals surface area contributed by atoms with Gasteiger partial charge in [0.05, 0.1) is 5.56 Å². The maximum atomic E-state index is 10.9. The number of hydrogen-bond acceptors (Lipinski definition) is 2. The minimum Gasteiger partial charge on any atom is -0.478 e. The molecule has 0 spiro atoms. The molecular weight excluding hydrogens is 214 g/mol. The Morgan fingerprint density at radius 1 is 1.12 bits per heavy atom. The monoisotopic (exact) mass is 225 g/mol. The van der Waals surface area contributed by atoms with Gasteiger partial charge in [-0.05, 0) is 53.3 Å².